The third-order valence-electron chi connectivity index (χ3n) is 11.7. The van der Waals surface area contributed by atoms with Crippen molar-refractivity contribution < 1.29 is 37.7 Å². The summed E-state index contributed by atoms with van der Waals surface area (Å²) in [7, 11) is 1.38. The largest absolute Gasteiger partial charge is 0.496 e. The standard InChI is InChI=1S/C41H46FNO7/c1-40(16-7-17-40)24-49-38(45)35-26-12-13-27(20-26)36(35)43-37(44)31-21-34(32(42)22-33(31)47-3)50-29-14-18-41(2,19-15-29)39(46)48-23-28-10-6-9-25-8-4-5-11-30(25)28/h4-6,8-13,21-22,26-27,29,35-36H,7,14-20,23-24H2,1-3H3,(H,43,44)/t26-,27+,29-,35+,36-,41+/m1/s1. The van der Waals surface area contributed by atoms with Crippen LogP contribution in [0.2, 0.25) is 0 Å². The van der Waals surface area contributed by atoms with Gasteiger partial charge in [0.25, 0.3) is 5.91 Å². The van der Waals surface area contributed by atoms with Gasteiger partial charge >= 0.3 is 11.9 Å². The monoisotopic (exact) mass is 683 g/mol. The number of benzene rings is 3. The molecule has 4 aliphatic carbocycles. The average Bonchev–Trinajstić information content (AvgIpc) is 3.72. The Morgan fingerprint density at radius 1 is 0.900 bits per heavy atom. The molecule has 0 saturated heterocycles. The molecule has 3 aromatic carbocycles. The lowest BCUT2D eigenvalue weighted by Gasteiger charge is -2.38. The second-order valence-corrected chi connectivity index (χ2v) is 15.3. The molecule has 4 atom stereocenters. The molecule has 8 nitrogen and oxygen atoms in total. The topological polar surface area (TPSA) is 100 Å². The fraction of sp³-hybridized carbons (Fsp3) is 0.488. The Hall–Kier alpha value is -4.40. The Morgan fingerprint density at radius 3 is 2.38 bits per heavy atom. The molecule has 1 N–H and O–H groups in total. The van der Waals surface area contributed by atoms with Crippen molar-refractivity contribution in [2.24, 2.45) is 28.6 Å². The zero-order chi connectivity index (χ0) is 35.0. The minimum absolute atomic E-state index is 0.00786. The minimum atomic E-state index is -0.684. The predicted molar refractivity (Wildman–Crippen MR) is 186 cm³/mol. The van der Waals surface area contributed by atoms with Crippen molar-refractivity contribution in [1.29, 1.82) is 0 Å². The van der Waals surface area contributed by atoms with Crippen molar-refractivity contribution in [3.05, 3.63) is 83.7 Å². The normalized spacial score (nSPS) is 27.7. The van der Waals surface area contributed by atoms with Gasteiger partial charge in [0.1, 0.15) is 12.4 Å². The summed E-state index contributed by atoms with van der Waals surface area (Å²) in [5, 5.41) is 5.22. The molecular formula is C41H46FNO7. The van der Waals surface area contributed by atoms with Crippen LogP contribution in [0.25, 0.3) is 10.8 Å². The first-order valence-corrected chi connectivity index (χ1v) is 17.9. The maximum atomic E-state index is 15.3. The maximum Gasteiger partial charge on any atom is 0.312 e. The highest BCUT2D eigenvalue weighted by molar-refractivity contribution is 5.98. The molecule has 9 heteroatoms. The number of fused-ring (bicyclic) bond motifs is 3. The van der Waals surface area contributed by atoms with Crippen LogP contribution in [-0.2, 0) is 25.7 Å². The molecule has 3 aromatic rings. The van der Waals surface area contributed by atoms with E-state index in [0.29, 0.717) is 32.3 Å². The summed E-state index contributed by atoms with van der Waals surface area (Å²) >= 11 is 0. The SMILES string of the molecule is COc1cc(F)c(O[C@H]2CC[C@@](C)(C(=O)OCc3cccc4ccccc34)CC2)cc1C(=O)N[C@H]1[C@@H](C(=O)OCC2(C)CCC2)[C@@H]2C=C[C@H]1C2. The molecule has 3 fully saturated rings. The number of methoxy groups -OCH3 is 1. The first-order valence-electron chi connectivity index (χ1n) is 17.9. The van der Waals surface area contributed by atoms with Crippen LogP contribution in [0.5, 0.6) is 11.5 Å². The van der Waals surface area contributed by atoms with Crippen LogP contribution in [0, 0.1) is 34.4 Å². The van der Waals surface area contributed by atoms with E-state index < -0.39 is 29.1 Å². The molecule has 1 amide bonds. The predicted octanol–water partition coefficient (Wildman–Crippen LogP) is 7.71. The highest BCUT2D eigenvalue weighted by Gasteiger charge is 2.50. The molecule has 0 heterocycles. The van der Waals surface area contributed by atoms with Gasteiger partial charge in [0.15, 0.2) is 11.6 Å². The summed E-state index contributed by atoms with van der Waals surface area (Å²) in [6.45, 7) is 4.63. The summed E-state index contributed by atoms with van der Waals surface area (Å²) in [5.41, 5.74) is 0.439. The van der Waals surface area contributed by atoms with Crippen molar-refractivity contribution in [2.75, 3.05) is 13.7 Å². The van der Waals surface area contributed by atoms with Gasteiger partial charge in [0.05, 0.1) is 36.7 Å². The zero-order valence-electron chi connectivity index (χ0n) is 29.0. The maximum absolute atomic E-state index is 15.3. The highest BCUT2D eigenvalue weighted by Crippen LogP contribution is 2.46. The minimum Gasteiger partial charge on any atom is -0.496 e. The average molecular weight is 684 g/mol. The van der Waals surface area contributed by atoms with E-state index in [1.165, 1.54) is 13.2 Å². The van der Waals surface area contributed by atoms with Crippen LogP contribution in [-0.4, -0.2) is 43.7 Å². The number of carbonyl (C=O) groups is 3. The molecule has 0 aromatic heterocycles. The molecule has 0 aliphatic heterocycles. The van der Waals surface area contributed by atoms with E-state index in [9.17, 15) is 14.4 Å². The molecule has 7 rings (SSSR count). The van der Waals surface area contributed by atoms with E-state index in [2.05, 4.69) is 24.4 Å². The van der Waals surface area contributed by atoms with Crippen molar-refractivity contribution in [3.63, 3.8) is 0 Å². The zero-order valence-corrected chi connectivity index (χ0v) is 29.0. The number of carbonyl (C=O) groups excluding carboxylic acids is 3. The third kappa shape index (κ3) is 6.71. The Balaban J connectivity index is 0.977. The number of nitrogens with one attached hydrogen (secondary N) is 1. The van der Waals surface area contributed by atoms with Crippen molar-refractivity contribution in [3.8, 4) is 11.5 Å². The second kappa shape index (κ2) is 13.7. The Bertz CT molecular complexity index is 1800. The van der Waals surface area contributed by atoms with Gasteiger partial charge in [0, 0.05) is 17.5 Å². The second-order valence-electron chi connectivity index (χ2n) is 15.3. The fourth-order valence-electron chi connectivity index (χ4n) is 8.27. The highest BCUT2D eigenvalue weighted by atomic mass is 19.1. The molecular weight excluding hydrogens is 637 g/mol. The number of hydrogen-bond donors (Lipinski definition) is 1. The molecule has 2 bridgehead atoms. The first-order chi connectivity index (χ1) is 24.1. The van der Waals surface area contributed by atoms with Gasteiger partial charge in [-0.1, -0.05) is 68.0 Å². The summed E-state index contributed by atoms with van der Waals surface area (Å²) < 4.78 is 38.5. The summed E-state index contributed by atoms with van der Waals surface area (Å²) in [4.78, 5) is 40.3. The van der Waals surface area contributed by atoms with Gasteiger partial charge in [-0.25, -0.2) is 4.39 Å². The lowest BCUT2D eigenvalue weighted by atomic mass is 9.71. The number of amides is 1. The Morgan fingerprint density at radius 2 is 1.64 bits per heavy atom. The Labute approximate surface area is 292 Å². The van der Waals surface area contributed by atoms with Crippen LogP contribution < -0.4 is 14.8 Å². The lowest BCUT2D eigenvalue weighted by Crippen LogP contribution is -2.47. The molecule has 0 radical (unpaired) electrons. The molecule has 50 heavy (non-hydrogen) atoms. The van der Waals surface area contributed by atoms with Crippen molar-refractivity contribution in [2.45, 2.75) is 84.0 Å². The molecule has 4 aliphatic rings. The van der Waals surface area contributed by atoms with E-state index in [1.807, 2.05) is 49.4 Å². The smallest absolute Gasteiger partial charge is 0.312 e. The number of esters is 2. The van der Waals surface area contributed by atoms with Gasteiger partial charge in [-0.05, 0) is 86.1 Å². The van der Waals surface area contributed by atoms with Gasteiger partial charge in [-0.15, -0.1) is 0 Å². The van der Waals surface area contributed by atoms with Gasteiger partial charge in [0.2, 0.25) is 0 Å². The Kier molecular flexibility index (Phi) is 9.35. The summed E-state index contributed by atoms with van der Waals surface area (Å²) in [6.07, 6.45) is 9.85. The summed E-state index contributed by atoms with van der Waals surface area (Å²) in [5.74, 6) is -2.08. The van der Waals surface area contributed by atoms with E-state index in [1.54, 1.807) is 0 Å². The molecule has 0 spiro atoms. The summed E-state index contributed by atoms with van der Waals surface area (Å²) in [6, 6.07) is 16.1. The van der Waals surface area contributed by atoms with Crippen LogP contribution >= 0.6 is 0 Å². The third-order valence-corrected chi connectivity index (χ3v) is 11.7. The number of rotatable bonds is 11. The number of ether oxygens (including phenoxy) is 4. The van der Waals surface area contributed by atoms with Crippen molar-refractivity contribution in [1.82, 2.24) is 5.32 Å². The number of hydrogen-bond acceptors (Lipinski definition) is 7. The quantitative estimate of drug-likeness (QED) is 0.163. The van der Waals surface area contributed by atoms with Crippen LogP contribution in [0.4, 0.5) is 4.39 Å². The van der Waals surface area contributed by atoms with E-state index in [4.69, 9.17) is 18.9 Å². The molecule has 3 saturated carbocycles. The van der Waals surface area contributed by atoms with E-state index in [-0.39, 0.29) is 59.0 Å². The first kappa shape index (κ1) is 34.1. The van der Waals surface area contributed by atoms with E-state index >= 15 is 4.39 Å². The molecule has 0 unspecified atom stereocenters. The van der Waals surface area contributed by atoms with E-state index in [0.717, 1.165) is 48.1 Å². The van der Waals surface area contributed by atoms with Gasteiger partial charge in [-0.3, -0.25) is 14.4 Å². The molecule has 264 valence electrons. The van der Waals surface area contributed by atoms with Crippen LogP contribution in [0.3, 0.4) is 0 Å². The van der Waals surface area contributed by atoms with Crippen LogP contribution in [0.15, 0.2) is 66.7 Å². The van der Waals surface area contributed by atoms with Gasteiger partial charge in [-0.2, -0.15) is 0 Å². The lowest BCUT2D eigenvalue weighted by molar-refractivity contribution is -0.159. The fourth-order valence-corrected chi connectivity index (χ4v) is 8.27. The van der Waals surface area contributed by atoms with Crippen LogP contribution in [0.1, 0.15) is 81.1 Å². The van der Waals surface area contributed by atoms with Crippen molar-refractivity contribution >= 4 is 28.6 Å². The van der Waals surface area contributed by atoms with Gasteiger partial charge < -0.3 is 24.3 Å². The number of halogens is 1. The number of allylic oxidation sites excluding steroid dienone is 1.